The number of nitrogens with zero attached hydrogens (tertiary/aromatic N) is 3. The van der Waals surface area contributed by atoms with Crippen molar-refractivity contribution in [2.75, 3.05) is 36.8 Å². The van der Waals surface area contributed by atoms with Gasteiger partial charge in [-0.2, -0.15) is 0 Å². The first-order chi connectivity index (χ1) is 14.6. The molecule has 0 aliphatic rings. The lowest BCUT2D eigenvalue weighted by molar-refractivity contribution is 0.0983. The van der Waals surface area contributed by atoms with Crippen molar-refractivity contribution in [1.82, 2.24) is 9.88 Å². The molecule has 3 aromatic rings. The summed E-state index contributed by atoms with van der Waals surface area (Å²) < 4.78 is 1.14. The molecule has 3 rings (SSSR count). The number of thiazole rings is 1. The molecule has 0 saturated carbocycles. The number of para-hydroxylation sites is 1. The van der Waals surface area contributed by atoms with Crippen molar-refractivity contribution < 1.29 is 4.79 Å². The minimum Gasteiger partial charge on any atom is -0.302 e. The molecule has 0 unspecified atom stereocenters. The van der Waals surface area contributed by atoms with Crippen LogP contribution in [0.25, 0.3) is 10.2 Å². The van der Waals surface area contributed by atoms with Crippen molar-refractivity contribution in [3.8, 4) is 0 Å². The SMILES string of the molecule is CCSc1ccc(C(=O)N(CCN(CC)CC)c2nc3c(CC)cccc3s2)cc1.Cl. The standard InChI is InChI=1S/C24H31N3OS2.ClH/c1-5-18-10-9-11-21-22(18)25-24(30-21)27(17-16-26(6-2)7-3)23(28)19-12-14-20(15-13-19)29-8-4;/h9-15H,5-8,16-17H2,1-4H3;1H. The van der Waals surface area contributed by atoms with E-state index >= 15 is 0 Å². The molecular formula is C24H32ClN3OS2. The van der Waals surface area contributed by atoms with Crippen LogP contribution in [0.3, 0.4) is 0 Å². The number of likely N-dealkylation sites (N-methyl/N-ethyl adjacent to an activating group) is 1. The van der Waals surface area contributed by atoms with Gasteiger partial charge in [0.2, 0.25) is 0 Å². The van der Waals surface area contributed by atoms with E-state index in [-0.39, 0.29) is 18.3 Å². The Morgan fingerprint density at radius 1 is 1.00 bits per heavy atom. The molecule has 1 aromatic heterocycles. The van der Waals surface area contributed by atoms with Gasteiger partial charge in [0.1, 0.15) is 0 Å². The van der Waals surface area contributed by atoms with Crippen molar-refractivity contribution >= 4 is 56.8 Å². The van der Waals surface area contributed by atoms with E-state index in [2.05, 4.69) is 50.8 Å². The zero-order valence-corrected chi connectivity index (χ0v) is 21.2. The zero-order chi connectivity index (χ0) is 21.5. The van der Waals surface area contributed by atoms with Gasteiger partial charge in [-0.3, -0.25) is 9.69 Å². The first-order valence-corrected chi connectivity index (χ1v) is 12.6. The van der Waals surface area contributed by atoms with Crippen molar-refractivity contribution in [1.29, 1.82) is 0 Å². The van der Waals surface area contributed by atoms with Gasteiger partial charge in [0.25, 0.3) is 5.91 Å². The third-order valence-electron chi connectivity index (χ3n) is 5.29. The fourth-order valence-corrected chi connectivity index (χ4v) is 5.18. The summed E-state index contributed by atoms with van der Waals surface area (Å²) in [7, 11) is 0. The van der Waals surface area contributed by atoms with Gasteiger partial charge in [-0.15, -0.1) is 24.2 Å². The van der Waals surface area contributed by atoms with Crippen LogP contribution in [0.2, 0.25) is 0 Å². The van der Waals surface area contributed by atoms with Crippen molar-refractivity contribution in [2.24, 2.45) is 0 Å². The highest BCUT2D eigenvalue weighted by molar-refractivity contribution is 7.99. The van der Waals surface area contributed by atoms with E-state index in [1.807, 2.05) is 29.2 Å². The lowest BCUT2D eigenvalue weighted by Crippen LogP contribution is -2.38. The summed E-state index contributed by atoms with van der Waals surface area (Å²) >= 11 is 3.39. The van der Waals surface area contributed by atoms with Crippen LogP contribution in [-0.4, -0.2) is 47.7 Å². The lowest BCUT2D eigenvalue weighted by Gasteiger charge is -2.24. The summed E-state index contributed by atoms with van der Waals surface area (Å²) in [6.45, 7) is 12.0. The van der Waals surface area contributed by atoms with Crippen LogP contribution in [0.1, 0.15) is 43.6 Å². The average molecular weight is 478 g/mol. The lowest BCUT2D eigenvalue weighted by atomic mass is 10.1. The molecule has 0 radical (unpaired) electrons. The molecule has 7 heteroatoms. The Balaban J connectivity index is 0.00000341. The maximum atomic E-state index is 13.5. The van der Waals surface area contributed by atoms with E-state index in [4.69, 9.17) is 4.98 Å². The number of aromatic nitrogens is 1. The number of anilines is 1. The summed E-state index contributed by atoms with van der Waals surface area (Å²) in [6.07, 6.45) is 0.935. The second kappa shape index (κ2) is 12.4. The van der Waals surface area contributed by atoms with E-state index in [0.29, 0.717) is 12.1 Å². The quantitative estimate of drug-likeness (QED) is 0.317. The summed E-state index contributed by atoms with van der Waals surface area (Å²) in [5.41, 5.74) is 2.97. The average Bonchev–Trinajstić information content (AvgIpc) is 3.21. The zero-order valence-electron chi connectivity index (χ0n) is 18.8. The predicted octanol–water partition coefficient (Wildman–Crippen LogP) is 6.38. The number of amides is 1. The van der Waals surface area contributed by atoms with Crippen molar-refractivity contribution in [3.63, 3.8) is 0 Å². The van der Waals surface area contributed by atoms with Gasteiger partial charge >= 0.3 is 0 Å². The molecule has 0 saturated heterocycles. The molecule has 1 heterocycles. The molecule has 168 valence electrons. The molecule has 31 heavy (non-hydrogen) atoms. The van der Waals surface area contributed by atoms with Crippen LogP contribution >= 0.6 is 35.5 Å². The number of hydrogen-bond acceptors (Lipinski definition) is 5. The minimum atomic E-state index is 0. The number of carbonyl (C=O) groups excluding carboxylic acids is 1. The Bertz CT molecular complexity index is 971. The first-order valence-electron chi connectivity index (χ1n) is 10.8. The highest BCUT2D eigenvalue weighted by Gasteiger charge is 2.22. The second-order valence-corrected chi connectivity index (χ2v) is 9.40. The Morgan fingerprint density at radius 3 is 2.32 bits per heavy atom. The highest BCUT2D eigenvalue weighted by atomic mass is 35.5. The maximum absolute atomic E-state index is 13.5. The molecule has 0 fully saturated rings. The number of rotatable bonds is 10. The van der Waals surface area contributed by atoms with E-state index in [0.717, 1.165) is 47.2 Å². The molecule has 1 amide bonds. The molecule has 0 N–H and O–H groups in total. The topological polar surface area (TPSA) is 36.4 Å². The van der Waals surface area contributed by atoms with Gasteiger partial charge in [0, 0.05) is 23.5 Å². The van der Waals surface area contributed by atoms with Gasteiger partial charge in [-0.05, 0) is 61.2 Å². The van der Waals surface area contributed by atoms with Gasteiger partial charge in [-0.1, -0.05) is 51.2 Å². The van der Waals surface area contributed by atoms with Gasteiger partial charge < -0.3 is 4.90 Å². The number of hydrogen-bond donors (Lipinski definition) is 0. The van der Waals surface area contributed by atoms with Gasteiger partial charge in [0.05, 0.1) is 10.2 Å². The van der Waals surface area contributed by atoms with Crippen molar-refractivity contribution in [2.45, 2.75) is 39.0 Å². The monoisotopic (exact) mass is 477 g/mol. The third-order valence-corrected chi connectivity index (χ3v) is 7.23. The van der Waals surface area contributed by atoms with Crippen LogP contribution in [0, 0.1) is 0 Å². The van der Waals surface area contributed by atoms with E-state index in [9.17, 15) is 4.79 Å². The summed E-state index contributed by atoms with van der Waals surface area (Å²) in [4.78, 5) is 23.8. The van der Waals surface area contributed by atoms with E-state index in [1.54, 1.807) is 23.1 Å². The van der Waals surface area contributed by atoms with Crippen LogP contribution in [-0.2, 0) is 6.42 Å². The van der Waals surface area contributed by atoms with Crippen LogP contribution in [0.4, 0.5) is 5.13 Å². The second-order valence-electron chi connectivity index (χ2n) is 7.05. The Kier molecular flexibility index (Phi) is 10.3. The fraction of sp³-hybridized carbons (Fsp3) is 0.417. The van der Waals surface area contributed by atoms with Gasteiger partial charge in [-0.25, -0.2) is 4.98 Å². The van der Waals surface area contributed by atoms with Gasteiger partial charge in [0.15, 0.2) is 5.13 Å². The molecule has 0 bridgehead atoms. The molecule has 2 aromatic carbocycles. The molecule has 0 aliphatic carbocycles. The number of thioether (sulfide) groups is 1. The van der Waals surface area contributed by atoms with E-state index < -0.39 is 0 Å². The Labute approximate surface area is 200 Å². The summed E-state index contributed by atoms with van der Waals surface area (Å²) in [6, 6.07) is 14.3. The number of carbonyl (C=O) groups is 1. The summed E-state index contributed by atoms with van der Waals surface area (Å²) in [5.74, 6) is 1.04. The molecule has 0 aliphatic heterocycles. The fourth-order valence-electron chi connectivity index (χ4n) is 3.48. The highest BCUT2D eigenvalue weighted by Crippen LogP contribution is 2.32. The van der Waals surface area contributed by atoms with Crippen LogP contribution in [0.5, 0.6) is 0 Å². The number of benzene rings is 2. The Morgan fingerprint density at radius 2 is 1.71 bits per heavy atom. The first kappa shape index (κ1) is 25.7. The van der Waals surface area contributed by atoms with Crippen LogP contribution in [0.15, 0.2) is 47.4 Å². The normalized spacial score (nSPS) is 11.0. The number of halogens is 1. The maximum Gasteiger partial charge on any atom is 0.260 e. The smallest absolute Gasteiger partial charge is 0.260 e. The molecule has 0 atom stereocenters. The molecule has 4 nitrogen and oxygen atoms in total. The van der Waals surface area contributed by atoms with E-state index in [1.165, 1.54) is 10.5 Å². The number of fused-ring (bicyclic) bond motifs is 1. The molecule has 0 spiro atoms. The van der Waals surface area contributed by atoms with Crippen molar-refractivity contribution in [3.05, 3.63) is 53.6 Å². The predicted molar refractivity (Wildman–Crippen MR) is 139 cm³/mol. The minimum absolute atomic E-state index is 0. The summed E-state index contributed by atoms with van der Waals surface area (Å²) in [5, 5.41) is 0.787. The largest absolute Gasteiger partial charge is 0.302 e. The Hall–Kier alpha value is -1.60. The third kappa shape index (κ3) is 6.22. The van der Waals surface area contributed by atoms with Crippen LogP contribution < -0.4 is 4.90 Å². The number of aryl methyl sites for hydroxylation is 1. The molecular weight excluding hydrogens is 446 g/mol.